The maximum Gasteiger partial charge on any atom is 0.586 e. The Hall–Kier alpha value is -4.40. The smallest absolute Gasteiger partial charge is 0.395 e. The van der Waals surface area contributed by atoms with Crippen molar-refractivity contribution in [3.05, 3.63) is 58.9 Å². The van der Waals surface area contributed by atoms with E-state index >= 15 is 0 Å². The van der Waals surface area contributed by atoms with Crippen LogP contribution < -0.4 is 19.9 Å². The number of aromatic amines is 1. The van der Waals surface area contributed by atoms with E-state index in [-0.39, 0.29) is 46.0 Å². The van der Waals surface area contributed by atoms with Gasteiger partial charge in [0, 0.05) is 30.1 Å². The monoisotopic (exact) mass is 549 g/mol. The second-order valence-electron chi connectivity index (χ2n) is 8.29. The number of anilines is 1. The van der Waals surface area contributed by atoms with Gasteiger partial charge in [-0.15, -0.1) is 8.78 Å². The van der Waals surface area contributed by atoms with Crippen LogP contribution in [0.4, 0.5) is 18.9 Å². The fourth-order valence-electron chi connectivity index (χ4n) is 4.05. The van der Waals surface area contributed by atoms with E-state index in [0.29, 0.717) is 0 Å². The number of halogens is 3. The van der Waals surface area contributed by atoms with Crippen molar-refractivity contribution >= 4 is 32.5 Å². The number of nitrogens with one attached hydrogen (secondary N) is 1. The first-order valence-corrected chi connectivity index (χ1v) is 12.9. The zero-order chi connectivity index (χ0) is 27.4. The predicted molar refractivity (Wildman–Crippen MR) is 127 cm³/mol. The number of likely N-dealkylation sites (N-methyl/N-ethyl adjacent to an activating group) is 1. The molecule has 15 heteroatoms. The van der Waals surface area contributed by atoms with E-state index in [2.05, 4.69) is 24.5 Å². The summed E-state index contributed by atoms with van der Waals surface area (Å²) in [5.41, 5.74) is -0.243. The number of hydrogen-bond acceptors (Lipinski definition) is 8. The first-order chi connectivity index (χ1) is 17.9. The van der Waals surface area contributed by atoms with Gasteiger partial charge in [0.15, 0.2) is 21.3 Å². The number of carbonyl (C=O) groups excluding carboxylic acids is 1. The first kappa shape index (κ1) is 25.3. The van der Waals surface area contributed by atoms with E-state index in [1.165, 1.54) is 35.5 Å². The van der Waals surface area contributed by atoms with Crippen LogP contribution in [0.2, 0.25) is 0 Å². The van der Waals surface area contributed by atoms with Gasteiger partial charge in [0.1, 0.15) is 34.0 Å². The molecule has 1 amide bonds. The Balaban J connectivity index is 1.51. The zero-order valence-electron chi connectivity index (χ0n) is 19.7. The Morgan fingerprint density at radius 1 is 1.16 bits per heavy atom. The molecule has 0 aliphatic carbocycles. The Kier molecular flexibility index (Phi) is 5.89. The molecule has 0 unspecified atom stereocenters. The molecule has 1 aliphatic heterocycles. The van der Waals surface area contributed by atoms with Crippen LogP contribution in [0.1, 0.15) is 6.92 Å². The van der Waals surface area contributed by atoms with Crippen molar-refractivity contribution in [2.24, 2.45) is 0 Å². The highest BCUT2D eigenvalue weighted by molar-refractivity contribution is 7.90. The highest BCUT2D eigenvalue weighted by Crippen LogP contribution is 2.42. The molecule has 4 aromatic rings. The highest BCUT2D eigenvalue weighted by atomic mass is 32.2. The second kappa shape index (κ2) is 8.86. The number of rotatable bonds is 6. The molecule has 0 saturated carbocycles. The van der Waals surface area contributed by atoms with Gasteiger partial charge in [-0.25, -0.2) is 22.5 Å². The van der Waals surface area contributed by atoms with Crippen molar-refractivity contribution in [3.63, 3.8) is 0 Å². The summed E-state index contributed by atoms with van der Waals surface area (Å²) in [7, 11) is -3.83. The molecule has 2 aromatic carbocycles. The lowest BCUT2D eigenvalue weighted by Gasteiger charge is -2.21. The second-order valence-corrected chi connectivity index (χ2v) is 10.3. The molecule has 38 heavy (non-hydrogen) atoms. The number of carbonyl (C=O) groups is 1. The summed E-state index contributed by atoms with van der Waals surface area (Å²) in [6, 6.07) is 7.16. The molecule has 0 fully saturated rings. The van der Waals surface area contributed by atoms with Crippen LogP contribution in [-0.2, 0) is 21.2 Å². The van der Waals surface area contributed by atoms with E-state index in [1.54, 1.807) is 6.92 Å². The molecule has 5 rings (SSSR count). The predicted octanol–water partition coefficient (Wildman–Crippen LogP) is 2.70. The number of H-pyrrole nitrogens is 1. The average molecular weight is 549 g/mol. The number of ether oxygens (including phenoxy) is 2. The molecule has 0 bridgehead atoms. The summed E-state index contributed by atoms with van der Waals surface area (Å²) >= 11 is 0. The van der Waals surface area contributed by atoms with E-state index in [4.69, 9.17) is 0 Å². The van der Waals surface area contributed by atoms with Crippen LogP contribution >= 0.6 is 0 Å². The van der Waals surface area contributed by atoms with Crippen molar-refractivity contribution in [1.29, 1.82) is 0 Å². The lowest BCUT2D eigenvalue weighted by atomic mass is 10.1. The van der Waals surface area contributed by atoms with E-state index < -0.39 is 44.9 Å². The van der Waals surface area contributed by atoms with Crippen molar-refractivity contribution in [1.82, 2.24) is 19.7 Å². The van der Waals surface area contributed by atoms with Gasteiger partial charge in [-0.1, -0.05) is 6.07 Å². The van der Waals surface area contributed by atoms with Gasteiger partial charge in [0.2, 0.25) is 5.91 Å². The Morgan fingerprint density at radius 2 is 1.89 bits per heavy atom. The molecule has 0 spiro atoms. The van der Waals surface area contributed by atoms with Gasteiger partial charge in [0.25, 0.3) is 5.56 Å². The molecule has 11 nitrogen and oxygen atoms in total. The van der Waals surface area contributed by atoms with Gasteiger partial charge in [0.05, 0.1) is 6.33 Å². The minimum absolute atomic E-state index is 0.0104. The molecule has 1 N–H and O–H groups in total. The summed E-state index contributed by atoms with van der Waals surface area (Å²) in [5, 5.41) is 4.22. The van der Waals surface area contributed by atoms with Crippen LogP contribution in [0.15, 0.2) is 52.4 Å². The standard InChI is InChI=1S/C23H18F3N5O6S/c1-3-30(13-5-6-15-16(9-13)37-23(25,26)36-15)18(32)10-31-22(33)21-20(27-11-28-21)19(29-31)12-4-7-17(14(24)8-12)38(2,34)35/h4-9,11H,3,10H2,1-2H3,(H,27,28). The number of alkyl halides is 2. The maximum atomic E-state index is 14.6. The lowest BCUT2D eigenvalue weighted by Crippen LogP contribution is -2.37. The van der Waals surface area contributed by atoms with Crippen LogP contribution in [0, 0.1) is 5.82 Å². The van der Waals surface area contributed by atoms with Crippen LogP contribution in [-0.4, -0.2) is 53.2 Å². The molecule has 0 atom stereocenters. The summed E-state index contributed by atoms with van der Waals surface area (Å²) in [6.45, 7) is 1.19. The summed E-state index contributed by atoms with van der Waals surface area (Å²) < 4.78 is 74.6. The number of sulfone groups is 1. The van der Waals surface area contributed by atoms with Crippen molar-refractivity contribution in [2.45, 2.75) is 24.7 Å². The van der Waals surface area contributed by atoms with Crippen LogP contribution in [0.3, 0.4) is 0 Å². The van der Waals surface area contributed by atoms with E-state index in [1.807, 2.05) is 0 Å². The van der Waals surface area contributed by atoms with Gasteiger partial charge >= 0.3 is 6.29 Å². The Morgan fingerprint density at radius 3 is 2.58 bits per heavy atom. The van der Waals surface area contributed by atoms with Crippen LogP contribution in [0.25, 0.3) is 22.3 Å². The van der Waals surface area contributed by atoms with Gasteiger partial charge in [-0.2, -0.15) is 5.10 Å². The molecule has 0 radical (unpaired) electrons. The summed E-state index contributed by atoms with van der Waals surface area (Å²) in [4.78, 5) is 33.7. The number of fused-ring (bicyclic) bond motifs is 2. The average Bonchev–Trinajstić information content (AvgIpc) is 3.43. The number of nitrogens with zero attached hydrogens (tertiary/aromatic N) is 4. The van der Waals surface area contributed by atoms with Gasteiger partial charge in [-0.3, -0.25) is 9.59 Å². The quantitative estimate of drug-likeness (QED) is 0.388. The van der Waals surface area contributed by atoms with E-state index in [0.717, 1.165) is 23.1 Å². The lowest BCUT2D eigenvalue weighted by molar-refractivity contribution is -0.286. The SMILES string of the molecule is CCN(C(=O)Cn1nc(-c2ccc(S(C)(=O)=O)c(F)c2)c2nc[nH]c2c1=O)c1ccc2c(c1)OC(F)(F)O2. The first-order valence-electron chi connectivity index (χ1n) is 11.0. The minimum atomic E-state index is -3.83. The fraction of sp³-hybridized carbons (Fsp3) is 0.217. The molecule has 198 valence electrons. The third-order valence-electron chi connectivity index (χ3n) is 5.74. The number of hydrogen-bond donors (Lipinski definition) is 1. The third kappa shape index (κ3) is 4.44. The molecule has 3 heterocycles. The fourth-order valence-corrected chi connectivity index (χ4v) is 4.78. The van der Waals surface area contributed by atoms with Crippen molar-refractivity contribution < 1.29 is 35.9 Å². The number of aromatic nitrogens is 4. The van der Waals surface area contributed by atoms with Gasteiger partial charge in [-0.05, 0) is 31.2 Å². The molecular formula is C23H18F3N5O6S. The number of imidazole rings is 1. The summed E-state index contributed by atoms with van der Waals surface area (Å²) in [6.07, 6.45) is -1.73. The maximum absolute atomic E-state index is 14.6. The number of benzene rings is 2. The molecule has 1 aliphatic rings. The van der Waals surface area contributed by atoms with Gasteiger partial charge < -0.3 is 19.4 Å². The minimum Gasteiger partial charge on any atom is -0.395 e. The number of amides is 1. The largest absolute Gasteiger partial charge is 0.586 e. The molecule has 2 aromatic heterocycles. The highest BCUT2D eigenvalue weighted by Gasteiger charge is 2.43. The third-order valence-corrected chi connectivity index (χ3v) is 6.87. The Bertz CT molecular complexity index is 1770. The zero-order valence-corrected chi connectivity index (χ0v) is 20.6. The van der Waals surface area contributed by atoms with Crippen molar-refractivity contribution in [2.75, 3.05) is 17.7 Å². The van der Waals surface area contributed by atoms with Crippen LogP contribution in [0.5, 0.6) is 11.5 Å². The topological polar surface area (TPSA) is 136 Å². The molecular weight excluding hydrogens is 531 g/mol. The Labute approximate surface area is 212 Å². The van der Waals surface area contributed by atoms with Crippen molar-refractivity contribution in [3.8, 4) is 22.8 Å². The normalized spacial score (nSPS) is 14.1. The summed E-state index contributed by atoms with van der Waals surface area (Å²) in [5.74, 6) is -2.08. The molecule has 0 saturated heterocycles. The van der Waals surface area contributed by atoms with E-state index in [9.17, 15) is 31.2 Å².